The third-order valence-corrected chi connectivity index (χ3v) is 2.26. The summed E-state index contributed by atoms with van der Waals surface area (Å²) in [6, 6.07) is 9.53. The fourth-order valence-electron chi connectivity index (χ4n) is 1.42. The molecule has 0 saturated carbocycles. The maximum Gasteiger partial charge on any atom is 0.240 e. The van der Waals surface area contributed by atoms with Crippen molar-refractivity contribution in [2.75, 3.05) is 0 Å². The van der Waals surface area contributed by atoms with Crippen molar-refractivity contribution in [3.63, 3.8) is 0 Å². The number of aryl methyl sites for hydroxylation is 1. The highest BCUT2D eigenvalue weighted by Crippen LogP contribution is 2.03. The Labute approximate surface area is 99.1 Å². The van der Waals surface area contributed by atoms with Crippen LogP contribution in [0.25, 0.3) is 0 Å². The lowest BCUT2D eigenvalue weighted by Gasteiger charge is -2.01. The lowest BCUT2D eigenvalue weighted by atomic mass is 10.1. The average Bonchev–Trinajstić information content (AvgIpc) is 2.76. The van der Waals surface area contributed by atoms with Crippen LogP contribution in [0.15, 0.2) is 28.8 Å². The minimum absolute atomic E-state index is 0.543. The molecule has 0 fully saturated rings. The minimum atomic E-state index is 0.543. The van der Waals surface area contributed by atoms with Gasteiger partial charge in [-0.15, -0.1) is 0 Å². The van der Waals surface area contributed by atoms with Gasteiger partial charge in [0.05, 0.1) is 18.2 Å². The van der Waals surface area contributed by atoms with Crippen molar-refractivity contribution in [3.05, 3.63) is 47.1 Å². The zero-order chi connectivity index (χ0) is 12.1. The van der Waals surface area contributed by atoms with Crippen LogP contribution in [0.2, 0.25) is 0 Å². The highest BCUT2D eigenvalue weighted by Gasteiger charge is 2.01. The number of hydrogen-bond acceptors (Lipinski definition) is 5. The first-order chi connectivity index (χ1) is 8.28. The van der Waals surface area contributed by atoms with Gasteiger partial charge in [-0.1, -0.05) is 17.3 Å². The Morgan fingerprint density at radius 3 is 2.65 bits per heavy atom. The summed E-state index contributed by atoms with van der Waals surface area (Å²) in [5.41, 5.74) is 1.78. The van der Waals surface area contributed by atoms with Gasteiger partial charge in [0.25, 0.3) is 0 Å². The van der Waals surface area contributed by atoms with Gasteiger partial charge in [-0.25, -0.2) is 0 Å². The normalized spacial score (nSPS) is 10.1. The lowest BCUT2D eigenvalue weighted by Crippen LogP contribution is -2.12. The van der Waals surface area contributed by atoms with Crippen LogP contribution in [0.5, 0.6) is 0 Å². The van der Waals surface area contributed by atoms with Crippen LogP contribution >= 0.6 is 0 Å². The Hall–Kier alpha value is -2.19. The van der Waals surface area contributed by atoms with E-state index in [0.717, 1.165) is 5.56 Å². The van der Waals surface area contributed by atoms with Gasteiger partial charge in [-0.2, -0.15) is 10.2 Å². The summed E-state index contributed by atoms with van der Waals surface area (Å²) in [5.74, 6) is 1.22. The van der Waals surface area contributed by atoms with Gasteiger partial charge in [0.2, 0.25) is 5.89 Å². The van der Waals surface area contributed by atoms with E-state index in [-0.39, 0.29) is 0 Å². The van der Waals surface area contributed by atoms with E-state index in [1.807, 2.05) is 12.1 Å². The SMILES string of the molecule is Cc1noc(CNCc2ccc(C#N)cc2)n1. The number of nitriles is 1. The van der Waals surface area contributed by atoms with E-state index in [2.05, 4.69) is 21.5 Å². The number of nitrogens with zero attached hydrogens (tertiary/aromatic N) is 3. The molecule has 1 aromatic heterocycles. The quantitative estimate of drug-likeness (QED) is 0.859. The Morgan fingerprint density at radius 2 is 2.06 bits per heavy atom. The molecule has 0 aliphatic carbocycles. The number of aromatic nitrogens is 2. The van der Waals surface area contributed by atoms with E-state index in [9.17, 15) is 0 Å². The van der Waals surface area contributed by atoms with Crippen LogP contribution in [-0.4, -0.2) is 10.1 Å². The molecule has 1 aromatic carbocycles. The summed E-state index contributed by atoms with van der Waals surface area (Å²) in [6.07, 6.45) is 0. The van der Waals surface area contributed by atoms with Crippen molar-refractivity contribution in [2.45, 2.75) is 20.0 Å². The largest absolute Gasteiger partial charge is 0.338 e. The summed E-state index contributed by atoms with van der Waals surface area (Å²) in [4.78, 5) is 4.09. The third-order valence-electron chi connectivity index (χ3n) is 2.26. The average molecular weight is 228 g/mol. The molecule has 0 bridgehead atoms. The molecule has 0 atom stereocenters. The number of nitrogens with one attached hydrogen (secondary N) is 1. The lowest BCUT2D eigenvalue weighted by molar-refractivity contribution is 0.364. The molecular formula is C12H12N4O. The molecule has 17 heavy (non-hydrogen) atoms. The van der Waals surface area contributed by atoms with Crippen LogP contribution < -0.4 is 5.32 Å². The molecule has 0 radical (unpaired) electrons. The van der Waals surface area contributed by atoms with Gasteiger partial charge in [0.1, 0.15) is 0 Å². The molecule has 0 aliphatic rings. The smallest absolute Gasteiger partial charge is 0.240 e. The second kappa shape index (κ2) is 5.23. The molecule has 5 heteroatoms. The fraction of sp³-hybridized carbons (Fsp3) is 0.250. The topological polar surface area (TPSA) is 74.7 Å². The van der Waals surface area contributed by atoms with Crippen LogP contribution in [0, 0.1) is 18.3 Å². The van der Waals surface area contributed by atoms with E-state index in [4.69, 9.17) is 9.78 Å². The summed E-state index contributed by atoms with van der Waals surface area (Å²) in [5, 5.41) is 15.6. The predicted octanol–water partition coefficient (Wildman–Crippen LogP) is 1.54. The molecule has 0 spiro atoms. The molecule has 0 saturated heterocycles. The van der Waals surface area contributed by atoms with Gasteiger partial charge in [-0.3, -0.25) is 0 Å². The molecule has 0 amide bonds. The Morgan fingerprint density at radius 1 is 1.29 bits per heavy atom. The number of hydrogen-bond donors (Lipinski definition) is 1. The molecular weight excluding hydrogens is 216 g/mol. The van der Waals surface area contributed by atoms with E-state index >= 15 is 0 Å². The van der Waals surface area contributed by atoms with Crippen LogP contribution in [-0.2, 0) is 13.1 Å². The van der Waals surface area contributed by atoms with Crippen molar-refractivity contribution in [3.8, 4) is 6.07 Å². The third kappa shape index (κ3) is 3.13. The molecule has 0 unspecified atom stereocenters. The Bertz CT molecular complexity index is 524. The monoisotopic (exact) mass is 228 g/mol. The van der Waals surface area contributed by atoms with Crippen LogP contribution in [0.1, 0.15) is 22.8 Å². The number of benzene rings is 1. The van der Waals surface area contributed by atoms with Gasteiger partial charge in [0.15, 0.2) is 5.82 Å². The van der Waals surface area contributed by atoms with Gasteiger partial charge < -0.3 is 9.84 Å². The Balaban J connectivity index is 1.84. The predicted molar refractivity (Wildman–Crippen MR) is 60.7 cm³/mol. The fourth-order valence-corrected chi connectivity index (χ4v) is 1.42. The van der Waals surface area contributed by atoms with E-state index in [1.165, 1.54) is 0 Å². The first kappa shape index (κ1) is 11.3. The van der Waals surface area contributed by atoms with Crippen molar-refractivity contribution >= 4 is 0 Å². The molecule has 5 nitrogen and oxygen atoms in total. The number of rotatable bonds is 4. The first-order valence-electron chi connectivity index (χ1n) is 5.27. The zero-order valence-corrected chi connectivity index (χ0v) is 9.47. The highest BCUT2D eigenvalue weighted by molar-refractivity contribution is 5.31. The molecule has 1 heterocycles. The van der Waals surface area contributed by atoms with Crippen molar-refractivity contribution < 1.29 is 4.52 Å². The summed E-state index contributed by atoms with van der Waals surface area (Å²) < 4.78 is 4.97. The molecule has 2 rings (SSSR count). The van der Waals surface area contributed by atoms with E-state index in [1.54, 1.807) is 19.1 Å². The zero-order valence-electron chi connectivity index (χ0n) is 9.47. The van der Waals surface area contributed by atoms with Crippen LogP contribution in [0.4, 0.5) is 0 Å². The van der Waals surface area contributed by atoms with Crippen molar-refractivity contribution in [1.29, 1.82) is 5.26 Å². The second-order valence-corrected chi connectivity index (χ2v) is 3.65. The van der Waals surface area contributed by atoms with Gasteiger partial charge in [0, 0.05) is 6.54 Å². The van der Waals surface area contributed by atoms with Gasteiger partial charge in [-0.05, 0) is 24.6 Å². The maximum absolute atomic E-state index is 8.66. The standard InChI is InChI=1S/C12H12N4O/c1-9-15-12(17-16-9)8-14-7-11-4-2-10(6-13)3-5-11/h2-5,14H,7-8H2,1H3. The Kier molecular flexibility index (Phi) is 3.48. The van der Waals surface area contributed by atoms with Crippen molar-refractivity contribution in [2.24, 2.45) is 0 Å². The maximum atomic E-state index is 8.66. The van der Waals surface area contributed by atoms with Crippen molar-refractivity contribution in [1.82, 2.24) is 15.5 Å². The summed E-state index contributed by atoms with van der Waals surface area (Å²) >= 11 is 0. The molecule has 0 aliphatic heterocycles. The molecule has 1 N–H and O–H groups in total. The van der Waals surface area contributed by atoms with E-state index < -0.39 is 0 Å². The van der Waals surface area contributed by atoms with Gasteiger partial charge >= 0.3 is 0 Å². The summed E-state index contributed by atoms with van der Waals surface area (Å²) in [6.45, 7) is 3.03. The summed E-state index contributed by atoms with van der Waals surface area (Å²) in [7, 11) is 0. The minimum Gasteiger partial charge on any atom is -0.338 e. The second-order valence-electron chi connectivity index (χ2n) is 3.65. The van der Waals surface area contributed by atoms with E-state index in [0.29, 0.717) is 30.4 Å². The first-order valence-corrected chi connectivity index (χ1v) is 5.27. The van der Waals surface area contributed by atoms with Crippen LogP contribution in [0.3, 0.4) is 0 Å². The molecule has 2 aromatic rings. The molecule has 86 valence electrons. The highest BCUT2D eigenvalue weighted by atomic mass is 16.5.